The Morgan fingerprint density at radius 1 is 1.14 bits per heavy atom. The van der Waals surface area contributed by atoms with Crippen LogP contribution in [0, 0.1) is 17.0 Å². The average molecular weight is 426 g/mol. The maximum absolute atomic E-state index is 12.1. The molecule has 0 aliphatic heterocycles. The first-order valence-corrected chi connectivity index (χ1v) is 8.52. The lowest BCUT2D eigenvalue weighted by Gasteiger charge is -2.06. The van der Waals surface area contributed by atoms with Gasteiger partial charge in [0.25, 0.3) is 5.91 Å². The van der Waals surface area contributed by atoms with Crippen molar-refractivity contribution in [2.75, 3.05) is 26.1 Å². The Morgan fingerprint density at radius 3 is 2.34 bits per heavy atom. The number of nitrogens with one attached hydrogen (secondary N) is 1. The number of hydrogen-bond acceptors (Lipinski definition) is 11. The lowest BCUT2D eigenvalue weighted by molar-refractivity contribution is -0.402. The van der Waals surface area contributed by atoms with Crippen LogP contribution in [0.15, 0.2) is 16.5 Å². The highest BCUT2D eigenvalue weighted by molar-refractivity contribution is 7.18. The molecular weight excluding hydrogens is 412 g/mol. The summed E-state index contributed by atoms with van der Waals surface area (Å²) in [6, 6.07) is 1.99. The number of anilines is 1. The molecule has 0 aliphatic carbocycles. The normalized spacial score (nSPS) is 10.2. The van der Waals surface area contributed by atoms with E-state index in [4.69, 9.17) is 4.74 Å². The first kappa shape index (κ1) is 21.6. The lowest BCUT2D eigenvalue weighted by atomic mass is 10.1. The average Bonchev–Trinajstić information content (AvgIpc) is 3.30. The number of ether oxygens (including phenoxy) is 3. The zero-order valence-electron chi connectivity index (χ0n) is 15.3. The summed E-state index contributed by atoms with van der Waals surface area (Å²) >= 11 is 0.787. The second-order valence-electron chi connectivity index (χ2n) is 5.26. The summed E-state index contributed by atoms with van der Waals surface area (Å²) in [5.74, 6) is -4.54. The van der Waals surface area contributed by atoms with Crippen LogP contribution in [-0.4, -0.2) is 49.6 Å². The molecule has 0 saturated heterocycles. The molecular formula is C16H14N2O10S. The lowest BCUT2D eigenvalue weighted by Crippen LogP contribution is -2.21. The summed E-state index contributed by atoms with van der Waals surface area (Å²) in [4.78, 5) is 57.5. The van der Waals surface area contributed by atoms with E-state index >= 15 is 0 Å². The van der Waals surface area contributed by atoms with Gasteiger partial charge in [0.1, 0.15) is 14.8 Å². The number of thiophene rings is 1. The smallest absolute Gasteiger partial charge is 0.433 e. The number of nitro groups is 1. The fourth-order valence-corrected chi connectivity index (χ4v) is 3.27. The minimum absolute atomic E-state index is 0.00411. The van der Waals surface area contributed by atoms with Crippen LogP contribution in [0.25, 0.3) is 0 Å². The third-order valence-electron chi connectivity index (χ3n) is 3.47. The monoisotopic (exact) mass is 426 g/mol. The molecule has 2 heterocycles. The van der Waals surface area contributed by atoms with Crippen molar-refractivity contribution in [2.24, 2.45) is 0 Å². The molecule has 0 spiro atoms. The molecule has 0 aromatic carbocycles. The molecule has 0 aliphatic rings. The van der Waals surface area contributed by atoms with Gasteiger partial charge in [0.2, 0.25) is 5.76 Å². The van der Waals surface area contributed by atoms with Crippen LogP contribution >= 0.6 is 11.3 Å². The Hall–Kier alpha value is -3.74. The number of hydrogen-bond donors (Lipinski definition) is 1. The van der Waals surface area contributed by atoms with Gasteiger partial charge in [0.05, 0.1) is 25.8 Å². The first-order valence-electron chi connectivity index (χ1n) is 7.70. The number of carbonyl (C=O) groups excluding carboxylic acids is 4. The van der Waals surface area contributed by atoms with Crippen molar-refractivity contribution in [3.05, 3.63) is 44.0 Å². The van der Waals surface area contributed by atoms with E-state index in [0.29, 0.717) is 0 Å². The van der Waals surface area contributed by atoms with Crippen molar-refractivity contribution in [1.82, 2.24) is 0 Å². The molecule has 2 aromatic rings. The van der Waals surface area contributed by atoms with E-state index in [2.05, 4.69) is 19.2 Å². The Kier molecular flexibility index (Phi) is 6.67. The molecule has 0 saturated carbocycles. The van der Waals surface area contributed by atoms with Crippen LogP contribution in [0.1, 0.15) is 36.1 Å². The van der Waals surface area contributed by atoms with Gasteiger partial charge in [-0.15, -0.1) is 11.3 Å². The minimum Gasteiger partial charge on any atom is -0.465 e. The Bertz CT molecular complexity index is 990. The molecule has 2 rings (SSSR count). The highest BCUT2D eigenvalue weighted by atomic mass is 32.1. The van der Waals surface area contributed by atoms with Crippen molar-refractivity contribution in [3.8, 4) is 0 Å². The summed E-state index contributed by atoms with van der Waals surface area (Å²) in [6.45, 7) is 0.701. The zero-order chi connectivity index (χ0) is 21.7. The predicted octanol–water partition coefficient (Wildman–Crippen LogP) is 1.93. The number of methoxy groups -OCH3 is 2. The van der Waals surface area contributed by atoms with E-state index in [0.717, 1.165) is 37.7 Å². The largest absolute Gasteiger partial charge is 0.465 e. The van der Waals surface area contributed by atoms with Crippen LogP contribution in [0.5, 0.6) is 0 Å². The van der Waals surface area contributed by atoms with Crippen LogP contribution in [0.2, 0.25) is 0 Å². The number of nitrogens with zero attached hydrogens (tertiary/aromatic N) is 1. The van der Waals surface area contributed by atoms with E-state index in [-0.39, 0.29) is 21.0 Å². The second kappa shape index (κ2) is 8.97. The summed E-state index contributed by atoms with van der Waals surface area (Å²) < 4.78 is 18.7. The Morgan fingerprint density at radius 2 is 1.79 bits per heavy atom. The van der Waals surface area contributed by atoms with Crippen molar-refractivity contribution in [3.63, 3.8) is 0 Å². The van der Waals surface area contributed by atoms with Gasteiger partial charge in [-0.25, -0.2) is 14.4 Å². The number of esters is 3. The van der Waals surface area contributed by atoms with Gasteiger partial charge in [0.15, 0.2) is 6.61 Å². The maximum Gasteiger partial charge on any atom is 0.433 e. The van der Waals surface area contributed by atoms with Gasteiger partial charge in [-0.2, -0.15) is 0 Å². The SMILES string of the molecule is COC(=O)c1sc(NC(=O)COC(=O)c2ccc([N+](=O)[O-])o2)c(C(=O)OC)c1C. The van der Waals surface area contributed by atoms with E-state index in [9.17, 15) is 29.3 Å². The Balaban J connectivity index is 2.11. The summed E-state index contributed by atoms with van der Waals surface area (Å²) in [5.41, 5.74) is 0.211. The number of amides is 1. The standard InChI is InChI=1S/C16H14N2O10S/c1-7-11(15(21)25-2)13(29-12(7)16(22)26-3)17-9(19)6-27-14(20)8-4-5-10(28-8)18(23)24/h4-5H,6H2,1-3H3,(H,17,19). The van der Waals surface area contributed by atoms with Gasteiger partial charge in [-0.1, -0.05) is 0 Å². The third-order valence-corrected chi connectivity index (χ3v) is 4.65. The topological polar surface area (TPSA) is 164 Å². The first-order chi connectivity index (χ1) is 13.7. The number of carbonyl (C=O) groups is 4. The third kappa shape index (κ3) is 4.76. The quantitative estimate of drug-likeness (QED) is 0.299. The van der Waals surface area contributed by atoms with E-state index in [1.807, 2.05) is 0 Å². The van der Waals surface area contributed by atoms with Crippen molar-refractivity contribution < 1.29 is 42.7 Å². The maximum atomic E-state index is 12.1. The molecule has 29 heavy (non-hydrogen) atoms. The van der Waals surface area contributed by atoms with Crippen molar-refractivity contribution in [2.45, 2.75) is 6.92 Å². The van der Waals surface area contributed by atoms with E-state index in [1.54, 1.807) is 0 Å². The van der Waals surface area contributed by atoms with Crippen molar-refractivity contribution in [1.29, 1.82) is 0 Å². The van der Waals surface area contributed by atoms with Gasteiger partial charge < -0.3 is 23.9 Å². The van der Waals surface area contributed by atoms with Gasteiger partial charge in [0, 0.05) is 0 Å². The number of furan rings is 1. The predicted molar refractivity (Wildman–Crippen MR) is 96.0 cm³/mol. The second-order valence-corrected chi connectivity index (χ2v) is 6.28. The molecule has 13 heteroatoms. The Labute approximate surface area is 166 Å². The van der Waals surface area contributed by atoms with Gasteiger partial charge in [-0.3, -0.25) is 14.9 Å². The van der Waals surface area contributed by atoms with Crippen LogP contribution < -0.4 is 5.32 Å². The molecule has 0 atom stereocenters. The molecule has 0 radical (unpaired) electrons. The summed E-state index contributed by atoms with van der Waals surface area (Å²) in [7, 11) is 2.29. The molecule has 154 valence electrons. The van der Waals surface area contributed by atoms with Crippen LogP contribution in [0.4, 0.5) is 10.9 Å². The van der Waals surface area contributed by atoms with Crippen LogP contribution in [-0.2, 0) is 19.0 Å². The van der Waals surface area contributed by atoms with Crippen LogP contribution in [0.3, 0.4) is 0 Å². The minimum atomic E-state index is -1.10. The van der Waals surface area contributed by atoms with Crippen molar-refractivity contribution >= 4 is 46.0 Å². The highest BCUT2D eigenvalue weighted by Crippen LogP contribution is 2.34. The highest BCUT2D eigenvalue weighted by Gasteiger charge is 2.27. The van der Waals surface area contributed by atoms with Gasteiger partial charge >= 0.3 is 23.8 Å². The fourth-order valence-electron chi connectivity index (χ4n) is 2.14. The molecule has 0 bridgehead atoms. The molecule has 0 unspecified atom stereocenters. The zero-order valence-corrected chi connectivity index (χ0v) is 16.1. The fraction of sp³-hybridized carbons (Fsp3) is 0.250. The molecule has 12 nitrogen and oxygen atoms in total. The van der Waals surface area contributed by atoms with E-state index < -0.39 is 47.0 Å². The summed E-state index contributed by atoms with van der Waals surface area (Å²) in [5, 5.41) is 12.9. The molecule has 1 amide bonds. The molecule has 0 fully saturated rings. The molecule has 1 N–H and O–H groups in total. The number of rotatable bonds is 7. The summed E-state index contributed by atoms with van der Waals surface area (Å²) in [6.07, 6.45) is 0. The molecule has 2 aromatic heterocycles. The van der Waals surface area contributed by atoms with Gasteiger partial charge in [-0.05, 0) is 18.6 Å². The van der Waals surface area contributed by atoms with E-state index in [1.165, 1.54) is 6.92 Å².